The molecule has 2 aromatic heterocycles. The fourth-order valence-corrected chi connectivity index (χ4v) is 1.62. The van der Waals surface area contributed by atoms with E-state index in [-0.39, 0.29) is 18.3 Å². The number of aryl methyl sites for hydroxylation is 1. The number of carbonyl (C=O) groups excluding carboxylic acids is 1. The molecule has 0 saturated carbocycles. The van der Waals surface area contributed by atoms with Crippen LogP contribution in [-0.4, -0.2) is 38.4 Å². The van der Waals surface area contributed by atoms with Gasteiger partial charge in [-0.1, -0.05) is 5.16 Å². The summed E-state index contributed by atoms with van der Waals surface area (Å²) in [6.07, 6.45) is 2.81. The number of hydrogen-bond donors (Lipinski definition) is 3. The number of carboxylic acids is 1. The van der Waals surface area contributed by atoms with E-state index in [1.54, 1.807) is 17.6 Å². The van der Waals surface area contributed by atoms with Crippen molar-refractivity contribution in [2.75, 3.05) is 6.54 Å². The number of nitrogens with one attached hydrogen (secondary N) is 2. The van der Waals surface area contributed by atoms with Crippen molar-refractivity contribution >= 4 is 12.0 Å². The van der Waals surface area contributed by atoms with Crippen LogP contribution in [0.1, 0.15) is 21.9 Å². The predicted octanol–water partition coefficient (Wildman–Crippen LogP) is 0.377. The number of aromatic nitrogens is 3. The summed E-state index contributed by atoms with van der Waals surface area (Å²) in [5, 5.41) is 17.7. The first kappa shape index (κ1) is 14.6. The minimum atomic E-state index is -1.08. The second-order valence-corrected chi connectivity index (χ2v) is 4.35. The number of hydrogen-bond acceptors (Lipinski definition) is 5. The third kappa shape index (κ3) is 4.34. The summed E-state index contributed by atoms with van der Waals surface area (Å²) in [7, 11) is 0. The van der Waals surface area contributed by atoms with Gasteiger partial charge in [0.1, 0.15) is 0 Å². The van der Waals surface area contributed by atoms with Crippen LogP contribution in [0.2, 0.25) is 0 Å². The van der Waals surface area contributed by atoms with Gasteiger partial charge in [-0.05, 0) is 6.92 Å². The van der Waals surface area contributed by atoms with Crippen LogP contribution in [-0.2, 0) is 13.1 Å². The fraction of sp³-hybridized carbons (Fsp3) is 0.333. The molecule has 2 amide bonds. The van der Waals surface area contributed by atoms with E-state index in [4.69, 9.17) is 9.63 Å². The summed E-state index contributed by atoms with van der Waals surface area (Å²) >= 11 is 0. The standard InChI is InChI=1S/C12H15N5O4/c1-8-4-9(21-16-8)5-14-12(20)13-2-3-17-6-10(11(18)19)15-7-17/h4,6-7H,2-3,5H2,1H3,(H,18,19)(H2,13,14,20). The number of imidazole rings is 1. The Bertz CT molecular complexity index is 633. The molecule has 0 aliphatic heterocycles. The Kier molecular flexibility index (Phi) is 4.54. The summed E-state index contributed by atoms with van der Waals surface area (Å²) in [6, 6.07) is 1.39. The van der Waals surface area contributed by atoms with Crippen LogP contribution in [0.25, 0.3) is 0 Å². The van der Waals surface area contributed by atoms with Crippen molar-refractivity contribution in [3.05, 3.63) is 35.7 Å². The number of rotatable bonds is 6. The van der Waals surface area contributed by atoms with Crippen LogP contribution in [0, 0.1) is 6.92 Å². The summed E-state index contributed by atoms with van der Waals surface area (Å²) in [6.45, 7) is 2.82. The number of nitrogens with zero attached hydrogens (tertiary/aromatic N) is 3. The normalized spacial score (nSPS) is 10.3. The zero-order valence-corrected chi connectivity index (χ0v) is 11.4. The van der Waals surface area contributed by atoms with Crippen molar-refractivity contribution in [1.82, 2.24) is 25.3 Å². The van der Waals surface area contributed by atoms with Crippen LogP contribution in [0.3, 0.4) is 0 Å². The second-order valence-electron chi connectivity index (χ2n) is 4.35. The minimum absolute atomic E-state index is 0.0276. The average molecular weight is 293 g/mol. The topological polar surface area (TPSA) is 122 Å². The minimum Gasteiger partial charge on any atom is -0.476 e. The van der Waals surface area contributed by atoms with Gasteiger partial charge in [0.05, 0.1) is 18.6 Å². The quantitative estimate of drug-likeness (QED) is 0.707. The van der Waals surface area contributed by atoms with E-state index in [1.807, 2.05) is 0 Å². The van der Waals surface area contributed by atoms with Gasteiger partial charge in [0.25, 0.3) is 0 Å². The molecule has 2 aromatic rings. The maximum absolute atomic E-state index is 11.5. The fourth-order valence-electron chi connectivity index (χ4n) is 1.62. The van der Waals surface area contributed by atoms with Gasteiger partial charge in [-0.2, -0.15) is 0 Å². The van der Waals surface area contributed by atoms with Gasteiger partial charge >= 0.3 is 12.0 Å². The lowest BCUT2D eigenvalue weighted by molar-refractivity contribution is 0.0691. The van der Waals surface area contributed by atoms with Gasteiger partial charge in [-0.3, -0.25) is 0 Å². The van der Waals surface area contributed by atoms with Crippen LogP contribution in [0.5, 0.6) is 0 Å². The van der Waals surface area contributed by atoms with E-state index in [1.165, 1.54) is 12.5 Å². The lowest BCUT2D eigenvalue weighted by atomic mass is 10.4. The van der Waals surface area contributed by atoms with Gasteiger partial charge in [0.2, 0.25) is 0 Å². The highest BCUT2D eigenvalue weighted by molar-refractivity contribution is 5.84. The molecule has 21 heavy (non-hydrogen) atoms. The number of urea groups is 1. The van der Waals surface area contributed by atoms with Crippen molar-refractivity contribution < 1.29 is 19.2 Å². The predicted molar refractivity (Wildman–Crippen MR) is 70.7 cm³/mol. The molecule has 0 radical (unpaired) electrons. The molecule has 0 aliphatic carbocycles. The van der Waals surface area contributed by atoms with Crippen LogP contribution in [0.4, 0.5) is 4.79 Å². The SMILES string of the molecule is Cc1cc(CNC(=O)NCCn2cnc(C(=O)O)c2)on1. The van der Waals surface area contributed by atoms with Gasteiger partial charge in [0, 0.05) is 25.4 Å². The Labute approximate surface area is 119 Å². The Morgan fingerprint density at radius 1 is 1.43 bits per heavy atom. The zero-order chi connectivity index (χ0) is 15.2. The molecule has 0 bridgehead atoms. The lowest BCUT2D eigenvalue weighted by Crippen LogP contribution is -2.36. The van der Waals surface area contributed by atoms with Crippen molar-refractivity contribution in [3.8, 4) is 0 Å². The molecule has 3 N–H and O–H groups in total. The first-order chi connectivity index (χ1) is 10.0. The molecule has 112 valence electrons. The highest BCUT2D eigenvalue weighted by Crippen LogP contribution is 2.00. The van der Waals surface area contributed by atoms with Gasteiger partial charge in [0.15, 0.2) is 11.5 Å². The van der Waals surface area contributed by atoms with Crippen LogP contribution >= 0.6 is 0 Å². The van der Waals surface area contributed by atoms with E-state index in [0.29, 0.717) is 18.8 Å². The number of aromatic carboxylic acids is 1. The third-order valence-electron chi connectivity index (χ3n) is 2.61. The van der Waals surface area contributed by atoms with Crippen molar-refractivity contribution in [3.63, 3.8) is 0 Å². The van der Waals surface area contributed by atoms with E-state index in [9.17, 15) is 9.59 Å². The summed E-state index contributed by atoms with van der Waals surface area (Å²) < 4.78 is 6.54. The van der Waals surface area contributed by atoms with E-state index in [0.717, 1.165) is 5.69 Å². The molecular weight excluding hydrogens is 278 g/mol. The maximum atomic E-state index is 11.5. The number of carbonyl (C=O) groups is 2. The van der Waals surface area contributed by atoms with Gasteiger partial charge in [-0.15, -0.1) is 0 Å². The summed E-state index contributed by atoms with van der Waals surface area (Å²) in [4.78, 5) is 25.9. The van der Waals surface area contributed by atoms with E-state index >= 15 is 0 Å². The molecule has 2 rings (SSSR count). The molecule has 0 atom stereocenters. The van der Waals surface area contributed by atoms with E-state index in [2.05, 4.69) is 20.8 Å². The Hall–Kier alpha value is -2.84. The Balaban J connectivity index is 1.67. The molecule has 2 heterocycles. The molecule has 9 nitrogen and oxygen atoms in total. The Morgan fingerprint density at radius 3 is 2.86 bits per heavy atom. The smallest absolute Gasteiger partial charge is 0.356 e. The molecular formula is C12H15N5O4. The monoisotopic (exact) mass is 293 g/mol. The third-order valence-corrected chi connectivity index (χ3v) is 2.61. The van der Waals surface area contributed by atoms with Gasteiger partial charge in [-0.25, -0.2) is 14.6 Å². The van der Waals surface area contributed by atoms with Crippen molar-refractivity contribution in [2.45, 2.75) is 20.0 Å². The molecule has 0 spiro atoms. The summed E-state index contributed by atoms with van der Waals surface area (Å²) in [5.74, 6) is -0.509. The first-order valence-corrected chi connectivity index (χ1v) is 6.23. The summed E-state index contributed by atoms with van der Waals surface area (Å²) in [5.41, 5.74) is 0.724. The average Bonchev–Trinajstić information content (AvgIpc) is 3.05. The number of carboxylic acid groups (broad SMARTS) is 1. The molecule has 0 aliphatic rings. The molecule has 0 saturated heterocycles. The lowest BCUT2D eigenvalue weighted by Gasteiger charge is -2.06. The molecule has 9 heteroatoms. The second kappa shape index (κ2) is 6.55. The van der Waals surface area contributed by atoms with Crippen molar-refractivity contribution in [1.29, 1.82) is 0 Å². The first-order valence-electron chi connectivity index (χ1n) is 6.23. The zero-order valence-electron chi connectivity index (χ0n) is 11.4. The van der Waals surface area contributed by atoms with Crippen LogP contribution in [0.15, 0.2) is 23.1 Å². The largest absolute Gasteiger partial charge is 0.476 e. The highest BCUT2D eigenvalue weighted by atomic mass is 16.5. The molecule has 0 fully saturated rings. The molecule has 0 aromatic carbocycles. The van der Waals surface area contributed by atoms with Crippen molar-refractivity contribution in [2.24, 2.45) is 0 Å². The Morgan fingerprint density at radius 2 is 2.24 bits per heavy atom. The van der Waals surface area contributed by atoms with Gasteiger partial charge < -0.3 is 24.8 Å². The van der Waals surface area contributed by atoms with E-state index < -0.39 is 5.97 Å². The molecule has 0 unspecified atom stereocenters. The highest BCUT2D eigenvalue weighted by Gasteiger charge is 2.07. The maximum Gasteiger partial charge on any atom is 0.356 e. The van der Waals surface area contributed by atoms with Crippen LogP contribution < -0.4 is 10.6 Å². The number of amides is 2.